The lowest BCUT2D eigenvalue weighted by molar-refractivity contribution is 0.0336. The second kappa shape index (κ2) is 2.01. The van der Waals surface area contributed by atoms with E-state index in [0.717, 1.165) is 5.76 Å². The smallest absolute Gasteiger partial charge is 0.112 e. The maximum Gasteiger partial charge on any atom is 0.112 e. The summed E-state index contributed by atoms with van der Waals surface area (Å²) in [6, 6.07) is 0. The molecule has 0 unspecified atom stereocenters. The van der Waals surface area contributed by atoms with Crippen molar-refractivity contribution in [2.24, 2.45) is 0 Å². The van der Waals surface area contributed by atoms with Gasteiger partial charge in [0.05, 0.1) is 5.76 Å². The zero-order chi connectivity index (χ0) is 7.03. The van der Waals surface area contributed by atoms with E-state index in [-0.39, 0.29) is 5.60 Å². The van der Waals surface area contributed by atoms with Gasteiger partial charge in [0.2, 0.25) is 0 Å². The molecule has 0 aromatic rings. The van der Waals surface area contributed by atoms with E-state index in [1.165, 1.54) is 32.1 Å². The summed E-state index contributed by atoms with van der Waals surface area (Å²) in [5.74, 6) is 1.14. The Morgan fingerprint density at radius 3 is 2.60 bits per heavy atom. The SMILES string of the molecule is CC1=CCC2(CCCC2)O1. The lowest BCUT2D eigenvalue weighted by Crippen LogP contribution is -2.22. The van der Waals surface area contributed by atoms with Gasteiger partial charge in [0.25, 0.3) is 0 Å². The molecule has 0 aromatic heterocycles. The van der Waals surface area contributed by atoms with Crippen molar-refractivity contribution in [3.05, 3.63) is 11.8 Å². The second-order valence-corrected chi connectivity index (χ2v) is 3.51. The van der Waals surface area contributed by atoms with E-state index in [9.17, 15) is 0 Å². The molecule has 1 heterocycles. The van der Waals surface area contributed by atoms with Gasteiger partial charge in [-0.3, -0.25) is 0 Å². The molecule has 10 heavy (non-hydrogen) atoms. The van der Waals surface area contributed by atoms with Crippen molar-refractivity contribution in [1.29, 1.82) is 0 Å². The van der Waals surface area contributed by atoms with Crippen LogP contribution in [0, 0.1) is 0 Å². The van der Waals surface area contributed by atoms with E-state index < -0.39 is 0 Å². The van der Waals surface area contributed by atoms with Crippen LogP contribution in [0.2, 0.25) is 0 Å². The summed E-state index contributed by atoms with van der Waals surface area (Å²) < 4.78 is 5.77. The fourth-order valence-electron chi connectivity index (χ4n) is 2.08. The number of hydrogen-bond acceptors (Lipinski definition) is 1. The van der Waals surface area contributed by atoms with Crippen molar-refractivity contribution in [3.63, 3.8) is 0 Å². The molecule has 0 bridgehead atoms. The molecule has 2 aliphatic rings. The predicted molar refractivity (Wildman–Crippen MR) is 40.7 cm³/mol. The Kier molecular flexibility index (Phi) is 1.26. The highest BCUT2D eigenvalue weighted by molar-refractivity contribution is 5.07. The first kappa shape index (κ1) is 6.26. The molecule has 1 fully saturated rings. The molecular formula is C9H14O. The monoisotopic (exact) mass is 138 g/mol. The van der Waals surface area contributed by atoms with Crippen LogP contribution in [0.15, 0.2) is 11.8 Å². The van der Waals surface area contributed by atoms with Crippen LogP contribution in [-0.4, -0.2) is 5.60 Å². The minimum absolute atomic E-state index is 0.268. The molecule has 0 radical (unpaired) electrons. The van der Waals surface area contributed by atoms with Crippen LogP contribution in [0.25, 0.3) is 0 Å². The third-order valence-corrected chi connectivity index (χ3v) is 2.65. The first-order chi connectivity index (χ1) is 4.81. The third kappa shape index (κ3) is 0.845. The molecule has 1 heteroatoms. The lowest BCUT2D eigenvalue weighted by Gasteiger charge is -2.23. The summed E-state index contributed by atoms with van der Waals surface area (Å²) in [6.07, 6.45) is 8.67. The van der Waals surface area contributed by atoms with Gasteiger partial charge in [-0.15, -0.1) is 0 Å². The van der Waals surface area contributed by atoms with E-state index in [4.69, 9.17) is 4.74 Å². The number of hydrogen-bond donors (Lipinski definition) is 0. The van der Waals surface area contributed by atoms with Gasteiger partial charge in [-0.2, -0.15) is 0 Å². The summed E-state index contributed by atoms with van der Waals surface area (Å²) in [6.45, 7) is 2.06. The molecule has 1 aliphatic heterocycles. The van der Waals surface area contributed by atoms with Crippen LogP contribution in [0.1, 0.15) is 39.0 Å². The molecule has 1 aliphatic carbocycles. The van der Waals surface area contributed by atoms with E-state index in [2.05, 4.69) is 13.0 Å². The average molecular weight is 138 g/mol. The van der Waals surface area contributed by atoms with Crippen LogP contribution in [0.4, 0.5) is 0 Å². The Morgan fingerprint density at radius 2 is 2.10 bits per heavy atom. The second-order valence-electron chi connectivity index (χ2n) is 3.51. The zero-order valence-corrected chi connectivity index (χ0v) is 6.52. The number of rotatable bonds is 0. The highest BCUT2D eigenvalue weighted by Gasteiger charge is 2.37. The molecule has 0 atom stereocenters. The van der Waals surface area contributed by atoms with Gasteiger partial charge in [0.1, 0.15) is 5.60 Å². The highest BCUT2D eigenvalue weighted by Crippen LogP contribution is 2.41. The maximum atomic E-state index is 5.77. The summed E-state index contributed by atoms with van der Waals surface area (Å²) in [7, 11) is 0. The van der Waals surface area contributed by atoms with Crippen LogP contribution in [0.3, 0.4) is 0 Å². The van der Waals surface area contributed by atoms with Gasteiger partial charge in [-0.05, 0) is 38.7 Å². The average Bonchev–Trinajstić information content (AvgIpc) is 2.46. The summed E-state index contributed by atoms with van der Waals surface area (Å²) >= 11 is 0. The van der Waals surface area contributed by atoms with E-state index in [1.807, 2.05) is 0 Å². The Hall–Kier alpha value is -0.460. The van der Waals surface area contributed by atoms with Gasteiger partial charge in [0.15, 0.2) is 0 Å². The van der Waals surface area contributed by atoms with Crippen molar-refractivity contribution in [2.45, 2.75) is 44.6 Å². The molecule has 0 amide bonds. The summed E-state index contributed by atoms with van der Waals surface area (Å²) in [5.41, 5.74) is 0.268. The van der Waals surface area contributed by atoms with Crippen LogP contribution in [0.5, 0.6) is 0 Å². The molecule has 2 rings (SSSR count). The molecule has 0 N–H and O–H groups in total. The molecular weight excluding hydrogens is 124 g/mol. The quantitative estimate of drug-likeness (QED) is 0.500. The first-order valence-electron chi connectivity index (χ1n) is 4.17. The largest absolute Gasteiger partial charge is 0.492 e. The van der Waals surface area contributed by atoms with Crippen molar-refractivity contribution >= 4 is 0 Å². The van der Waals surface area contributed by atoms with Crippen LogP contribution >= 0.6 is 0 Å². The molecule has 0 saturated heterocycles. The first-order valence-corrected chi connectivity index (χ1v) is 4.17. The normalized spacial score (nSPS) is 28.7. The lowest BCUT2D eigenvalue weighted by atomic mass is 10.00. The Labute approximate surface area is 62.1 Å². The Bertz CT molecular complexity index is 164. The zero-order valence-electron chi connectivity index (χ0n) is 6.52. The standard InChI is InChI=1S/C9H14O/c1-8-4-7-9(10-8)5-2-3-6-9/h4H,2-3,5-7H2,1H3. The minimum Gasteiger partial charge on any atom is -0.492 e. The highest BCUT2D eigenvalue weighted by atomic mass is 16.5. The maximum absolute atomic E-state index is 5.77. The fourth-order valence-corrected chi connectivity index (χ4v) is 2.08. The van der Waals surface area contributed by atoms with Gasteiger partial charge in [-0.1, -0.05) is 0 Å². The number of ether oxygens (including phenoxy) is 1. The van der Waals surface area contributed by atoms with E-state index in [0.29, 0.717) is 0 Å². The molecule has 56 valence electrons. The van der Waals surface area contributed by atoms with Crippen LogP contribution < -0.4 is 0 Å². The topological polar surface area (TPSA) is 9.23 Å². The van der Waals surface area contributed by atoms with Gasteiger partial charge >= 0.3 is 0 Å². The Balaban J connectivity index is 2.07. The molecule has 1 spiro atoms. The van der Waals surface area contributed by atoms with Gasteiger partial charge in [-0.25, -0.2) is 0 Å². The summed E-state index contributed by atoms with van der Waals surface area (Å²) in [5, 5.41) is 0. The van der Waals surface area contributed by atoms with Gasteiger partial charge in [0, 0.05) is 6.42 Å². The van der Waals surface area contributed by atoms with Crippen molar-refractivity contribution in [3.8, 4) is 0 Å². The summed E-state index contributed by atoms with van der Waals surface area (Å²) in [4.78, 5) is 0. The van der Waals surface area contributed by atoms with Crippen LogP contribution in [-0.2, 0) is 4.74 Å². The fraction of sp³-hybridized carbons (Fsp3) is 0.778. The molecule has 1 nitrogen and oxygen atoms in total. The predicted octanol–water partition coefficient (Wildman–Crippen LogP) is 2.62. The van der Waals surface area contributed by atoms with E-state index >= 15 is 0 Å². The Morgan fingerprint density at radius 1 is 1.40 bits per heavy atom. The molecule has 0 aromatic carbocycles. The van der Waals surface area contributed by atoms with Gasteiger partial charge < -0.3 is 4.74 Å². The number of allylic oxidation sites excluding steroid dienone is 1. The van der Waals surface area contributed by atoms with Crippen molar-refractivity contribution in [1.82, 2.24) is 0 Å². The third-order valence-electron chi connectivity index (χ3n) is 2.65. The van der Waals surface area contributed by atoms with Crippen molar-refractivity contribution in [2.75, 3.05) is 0 Å². The minimum atomic E-state index is 0.268. The van der Waals surface area contributed by atoms with E-state index in [1.54, 1.807) is 0 Å². The van der Waals surface area contributed by atoms with Crippen molar-refractivity contribution < 1.29 is 4.74 Å². The molecule has 1 saturated carbocycles.